The van der Waals surface area contributed by atoms with E-state index in [1.807, 2.05) is 44.5 Å². The quantitative estimate of drug-likeness (QED) is 0.106. The smallest absolute Gasteiger partial charge is 0.271 e. The number of carbonyl (C=O) groups is 7. The fourth-order valence-electron chi connectivity index (χ4n) is 8.87. The van der Waals surface area contributed by atoms with Crippen molar-refractivity contribution in [2.45, 2.75) is 84.1 Å². The Morgan fingerprint density at radius 2 is 1.34 bits per heavy atom. The third-order valence-corrected chi connectivity index (χ3v) is 18.6. The summed E-state index contributed by atoms with van der Waals surface area (Å²) in [5.74, 6) is -3.45. The first-order valence-electron chi connectivity index (χ1n) is 24.9. The normalized spacial score (nSPS) is 20.0. The van der Waals surface area contributed by atoms with E-state index in [1.165, 1.54) is 68.6 Å². The molecule has 0 radical (unpaired) electrons. The van der Waals surface area contributed by atoms with Crippen molar-refractivity contribution in [2.75, 3.05) is 26.7 Å². The molecule has 3 aliphatic rings. The molecule has 23 nitrogen and oxygen atoms in total. The third kappa shape index (κ3) is 11.7. The van der Waals surface area contributed by atoms with Crippen LogP contribution in [0.25, 0.3) is 43.4 Å². The Labute approximate surface area is 475 Å². The molecule has 0 aromatic carbocycles. The van der Waals surface area contributed by atoms with Crippen molar-refractivity contribution in [3.8, 4) is 43.4 Å². The van der Waals surface area contributed by atoms with Crippen LogP contribution in [0, 0.1) is 18.8 Å². The summed E-state index contributed by atoms with van der Waals surface area (Å²) >= 11 is 7.54. The molecule has 7 aromatic heterocycles. The van der Waals surface area contributed by atoms with Crippen LogP contribution in [0.2, 0.25) is 0 Å². The molecule has 0 saturated carbocycles. The molecule has 1 saturated heterocycles. The van der Waals surface area contributed by atoms with Gasteiger partial charge in [0, 0.05) is 50.9 Å². The number of likely N-dealkylation sites (tertiary alicyclic amines) is 1. The number of fused-ring (bicyclic) bond motifs is 14. The molecular formula is C50H51N15O8S6. The number of amides is 7. The molecule has 79 heavy (non-hydrogen) atoms. The van der Waals surface area contributed by atoms with Gasteiger partial charge in [-0.1, -0.05) is 27.7 Å². The van der Waals surface area contributed by atoms with E-state index in [0.29, 0.717) is 88.3 Å². The summed E-state index contributed by atoms with van der Waals surface area (Å²) in [5.41, 5.74) is 8.67. The van der Waals surface area contributed by atoms with Gasteiger partial charge in [-0.3, -0.25) is 33.6 Å². The van der Waals surface area contributed by atoms with Crippen LogP contribution in [0.15, 0.2) is 44.0 Å². The summed E-state index contributed by atoms with van der Waals surface area (Å²) in [5, 5.41) is 25.8. The molecular weight excluding hydrogens is 1130 g/mol. The molecule has 5 atom stereocenters. The first kappa shape index (κ1) is 55.0. The molecule has 1 fully saturated rings. The Balaban J connectivity index is 1.00. The molecule has 0 unspecified atom stereocenters. The number of thiazole rings is 6. The Kier molecular flexibility index (Phi) is 16.1. The van der Waals surface area contributed by atoms with Crippen molar-refractivity contribution >= 4 is 115 Å². The zero-order chi connectivity index (χ0) is 55.8. The van der Waals surface area contributed by atoms with Gasteiger partial charge < -0.3 is 42.0 Å². The molecule has 7 N–H and O–H groups in total. The number of nitrogens with zero attached hydrogens (tertiary/aromatic N) is 9. The molecule has 7 aromatic rings. The van der Waals surface area contributed by atoms with Crippen molar-refractivity contribution in [3.05, 3.63) is 81.7 Å². The van der Waals surface area contributed by atoms with E-state index in [0.717, 1.165) is 11.3 Å². The van der Waals surface area contributed by atoms with E-state index < -0.39 is 59.7 Å². The van der Waals surface area contributed by atoms with Gasteiger partial charge in [0.15, 0.2) is 6.04 Å². The molecule has 10 rings (SSSR count). The number of carbonyl (C=O) groups excluding carboxylic acids is 7. The van der Waals surface area contributed by atoms with Gasteiger partial charge in [-0.05, 0) is 43.7 Å². The van der Waals surface area contributed by atoms with Gasteiger partial charge in [0.25, 0.3) is 23.6 Å². The van der Waals surface area contributed by atoms with Gasteiger partial charge in [0.2, 0.25) is 23.6 Å². The molecule has 10 heterocycles. The highest BCUT2D eigenvalue weighted by Gasteiger charge is 2.39. The van der Waals surface area contributed by atoms with E-state index >= 15 is 0 Å². The fraction of sp³-hybridized carbons (Fsp3) is 0.380. The number of hydrogen-bond donors (Lipinski definition) is 6. The van der Waals surface area contributed by atoms with Crippen LogP contribution in [-0.4, -0.2) is 126 Å². The molecule has 29 heteroatoms. The first-order valence-corrected chi connectivity index (χ1v) is 30.1. The lowest BCUT2D eigenvalue weighted by atomic mass is 10.0. The summed E-state index contributed by atoms with van der Waals surface area (Å²) in [6.07, 6.45) is 0.968. The minimum atomic E-state index is -0.955. The lowest BCUT2D eigenvalue weighted by Crippen LogP contribution is -2.47. The number of rotatable bonds is 8. The second-order valence-corrected chi connectivity index (χ2v) is 24.8. The number of hydrogen-bond acceptors (Lipinski definition) is 22. The number of aryl methyl sites for hydroxylation is 1. The Bertz CT molecular complexity index is 3560. The minimum absolute atomic E-state index is 0.0141. The maximum absolute atomic E-state index is 14.2. The summed E-state index contributed by atoms with van der Waals surface area (Å²) in [4.78, 5) is 134. The molecule has 10 bridgehead atoms. The molecule has 7 amide bonds. The number of nitrogens with one attached hydrogen (secondary N) is 5. The van der Waals surface area contributed by atoms with E-state index in [4.69, 9.17) is 35.4 Å². The van der Waals surface area contributed by atoms with Gasteiger partial charge in [-0.2, -0.15) is 0 Å². The average molecular weight is 1180 g/mol. The van der Waals surface area contributed by atoms with Crippen LogP contribution >= 0.6 is 68.0 Å². The predicted octanol–water partition coefficient (Wildman–Crippen LogP) is 5.71. The van der Waals surface area contributed by atoms with Crippen LogP contribution in [0.3, 0.4) is 0 Å². The summed E-state index contributed by atoms with van der Waals surface area (Å²) in [7, 11) is 1.48. The van der Waals surface area contributed by atoms with E-state index in [9.17, 15) is 33.6 Å². The number of primary amides is 1. The number of aromatic nitrogens is 7. The van der Waals surface area contributed by atoms with Crippen LogP contribution in [0.5, 0.6) is 0 Å². The Morgan fingerprint density at radius 3 is 2.08 bits per heavy atom. The van der Waals surface area contributed by atoms with Crippen molar-refractivity contribution in [2.24, 2.45) is 22.6 Å². The van der Waals surface area contributed by atoms with Crippen LogP contribution < -0.4 is 32.3 Å². The molecule has 0 aliphatic carbocycles. The Hall–Kier alpha value is -7.31. The summed E-state index contributed by atoms with van der Waals surface area (Å²) in [6, 6.07) is -0.0326. The van der Waals surface area contributed by atoms with Gasteiger partial charge >= 0.3 is 0 Å². The van der Waals surface area contributed by atoms with Crippen LogP contribution in [0.1, 0.15) is 122 Å². The van der Waals surface area contributed by atoms with Gasteiger partial charge in [-0.15, -0.1) is 68.0 Å². The SMILES string of the molecule is CNC(=O)C[C@H]1NC(=O)c2csc(n2)-c2ccc(-c3nc(C4=N[C@@H](C(=O)N5CCC[C@H]5C(N)=O)CO4)cs3)nc2-c2csc(n2)-c2csc(n2)[C@@H](C(C)C)NC(=O)CNC(=O)c2csc(n2)[C@@H](C(C)C)NC(=O)c2nc1sc2C. The number of nitrogens with two attached hydrogens (primary N) is 1. The second-order valence-electron chi connectivity index (χ2n) is 19.2. The van der Waals surface area contributed by atoms with Crippen molar-refractivity contribution < 1.29 is 38.3 Å². The highest BCUT2D eigenvalue weighted by Crippen LogP contribution is 2.39. The average Bonchev–Trinajstić information content (AvgIpc) is 4.30. The maximum Gasteiger partial charge on any atom is 0.271 e. The summed E-state index contributed by atoms with van der Waals surface area (Å²) < 4.78 is 5.88. The lowest BCUT2D eigenvalue weighted by Gasteiger charge is -2.23. The highest BCUT2D eigenvalue weighted by atomic mass is 32.1. The molecule has 410 valence electrons. The zero-order valence-corrected chi connectivity index (χ0v) is 48.0. The van der Waals surface area contributed by atoms with Crippen molar-refractivity contribution in [1.29, 1.82) is 0 Å². The lowest BCUT2D eigenvalue weighted by molar-refractivity contribution is -0.138. The van der Waals surface area contributed by atoms with Gasteiger partial charge in [0.05, 0.1) is 36.8 Å². The number of aliphatic imine (C=N–C) groups is 1. The molecule has 3 aliphatic heterocycles. The molecule has 0 spiro atoms. The van der Waals surface area contributed by atoms with Gasteiger partial charge in [-0.25, -0.2) is 39.9 Å². The topological polar surface area (TPSA) is 321 Å². The standard InChI is InChI=1S/C50H51N15O8S6/c1-20(2)35-48-61-31(19-78-48)46-57-27(15-75-46)38-23(9-10-24(54-38)45-60-30(18-76-45)43-56-26(14-73-43)50(72)65-11-7-8-32(65)39(51)68)44-58-29(17-74-44)41(70)55-25(12-33(66)52-6)47-64-37(22(5)79-47)42(71)63-36(21(3)4)49-59-28(16-77-49)40(69)53-13-34(67)62-35/h9-10,15-21,25-26,32,35-36H,7-8,11-14H2,1-6H3,(H2,51,68)(H,52,66)(H,53,69)(H,55,70)(H,62,67)(H,63,71)/t25-,26-,32+,35-,36-/m1/s1. The maximum atomic E-state index is 14.2. The monoisotopic (exact) mass is 1180 g/mol. The van der Waals surface area contributed by atoms with E-state index in [-0.39, 0.29) is 66.2 Å². The van der Waals surface area contributed by atoms with Gasteiger partial charge in [0.1, 0.15) is 82.6 Å². The van der Waals surface area contributed by atoms with Crippen LogP contribution in [-0.2, 0) is 23.9 Å². The summed E-state index contributed by atoms with van der Waals surface area (Å²) in [6.45, 7) is 9.50. The predicted molar refractivity (Wildman–Crippen MR) is 300 cm³/mol. The van der Waals surface area contributed by atoms with Crippen LogP contribution in [0.4, 0.5) is 0 Å². The minimum Gasteiger partial charge on any atom is -0.473 e. The fourth-order valence-corrected chi connectivity index (χ4v) is 14.3. The van der Waals surface area contributed by atoms with E-state index in [1.54, 1.807) is 29.1 Å². The third-order valence-electron chi connectivity index (χ3n) is 13.0. The van der Waals surface area contributed by atoms with Crippen molar-refractivity contribution in [3.63, 3.8) is 0 Å². The second kappa shape index (κ2) is 23.2. The first-order chi connectivity index (χ1) is 37.9. The largest absolute Gasteiger partial charge is 0.473 e. The van der Waals surface area contributed by atoms with E-state index in [2.05, 4.69) is 41.5 Å². The Morgan fingerprint density at radius 1 is 0.709 bits per heavy atom. The number of pyridine rings is 1. The zero-order valence-electron chi connectivity index (χ0n) is 43.1. The highest BCUT2D eigenvalue weighted by molar-refractivity contribution is 7.15. The number of ether oxygens (including phenoxy) is 1. The van der Waals surface area contributed by atoms with Crippen molar-refractivity contribution in [1.82, 2.24) is 66.4 Å².